The van der Waals surface area contributed by atoms with E-state index in [0.29, 0.717) is 23.4 Å². The second kappa shape index (κ2) is 9.88. The van der Waals surface area contributed by atoms with Crippen LogP contribution in [-0.2, 0) is 4.74 Å². The van der Waals surface area contributed by atoms with Crippen molar-refractivity contribution in [2.75, 3.05) is 11.9 Å². The monoisotopic (exact) mass is 424 g/mol. The number of rotatable bonds is 7. The molecule has 3 aromatic carbocycles. The summed E-state index contributed by atoms with van der Waals surface area (Å²) >= 11 is 0. The Bertz CT molecular complexity index is 1230. The molecule has 4 rings (SSSR count). The van der Waals surface area contributed by atoms with Crippen LogP contribution in [0.1, 0.15) is 40.5 Å². The summed E-state index contributed by atoms with van der Waals surface area (Å²) in [5.74, 6) is -0.594. The number of para-hydroxylation sites is 1. The van der Waals surface area contributed by atoms with Gasteiger partial charge in [0.1, 0.15) is 0 Å². The first kappa shape index (κ1) is 21.2. The standard InChI is InChI=1S/C27H24N2O3/c1-2-3-17-32-27(31)20-13-15-21(16-14-20)28-26(30)23-18-25(19-9-5-4-6-10-19)29-24-12-8-7-11-22(23)24/h4-16,18H,2-3,17H2,1H3,(H,28,30). The average Bonchev–Trinajstić information content (AvgIpc) is 2.84. The zero-order valence-corrected chi connectivity index (χ0v) is 17.9. The van der Waals surface area contributed by atoms with Gasteiger partial charge >= 0.3 is 5.97 Å². The van der Waals surface area contributed by atoms with Crippen molar-refractivity contribution in [1.82, 2.24) is 4.98 Å². The number of ether oxygens (including phenoxy) is 1. The molecule has 0 saturated carbocycles. The molecule has 1 N–H and O–H groups in total. The Hall–Kier alpha value is -3.99. The van der Waals surface area contributed by atoms with Crippen molar-refractivity contribution >= 4 is 28.5 Å². The highest BCUT2D eigenvalue weighted by atomic mass is 16.5. The molecular formula is C27H24N2O3. The van der Waals surface area contributed by atoms with Gasteiger partial charge in [-0.05, 0) is 42.8 Å². The Morgan fingerprint density at radius 1 is 0.906 bits per heavy atom. The number of carbonyl (C=O) groups is 2. The summed E-state index contributed by atoms with van der Waals surface area (Å²) in [7, 11) is 0. The molecule has 1 heterocycles. The maximum absolute atomic E-state index is 13.2. The Balaban J connectivity index is 1.58. The molecule has 0 unspecified atom stereocenters. The van der Waals surface area contributed by atoms with Crippen molar-refractivity contribution in [3.8, 4) is 11.3 Å². The van der Waals surface area contributed by atoms with Crippen molar-refractivity contribution in [2.45, 2.75) is 19.8 Å². The van der Waals surface area contributed by atoms with Crippen LogP contribution in [0.15, 0.2) is 84.9 Å². The van der Waals surface area contributed by atoms with Gasteiger partial charge in [-0.2, -0.15) is 0 Å². The van der Waals surface area contributed by atoms with E-state index in [-0.39, 0.29) is 11.9 Å². The van der Waals surface area contributed by atoms with Crippen molar-refractivity contribution in [2.24, 2.45) is 0 Å². The van der Waals surface area contributed by atoms with Gasteiger partial charge in [-0.25, -0.2) is 9.78 Å². The third-order valence-corrected chi connectivity index (χ3v) is 5.14. The fourth-order valence-corrected chi connectivity index (χ4v) is 3.40. The van der Waals surface area contributed by atoms with Gasteiger partial charge in [0.05, 0.1) is 28.9 Å². The highest BCUT2D eigenvalue weighted by Gasteiger charge is 2.15. The summed E-state index contributed by atoms with van der Waals surface area (Å²) in [6, 6.07) is 25.9. The molecule has 0 saturated heterocycles. The molecule has 0 bridgehead atoms. The number of anilines is 1. The normalized spacial score (nSPS) is 10.7. The number of hydrogen-bond acceptors (Lipinski definition) is 4. The first-order chi connectivity index (χ1) is 15.7. The number of esters is 1. The lowest BCUT2D eigenvalue weighted by molar-refractivity contribution is 0.0499. The van der Waals surface area contributed by atoms with Gasteiger partial charge in [0, 0.05) is 16.6 Å². The van der Waals surface area contributed by atoms with E-state index < -0.39 is 0 Å². The third-order valence-electron chi connectivity index (χ3n) is 5.14. The number of carbonyl (C=O) groups excluding carboxylic acids is 2. The molecule has 5 nitrogen and oxygen atoms in total. The van der Waals surface area contributed by atoms with Crippen molar-refractivity contribution in [3.05, 3.63) is 96.1 Å². The number of amides is 1. The summed E-state index contributed by atoms with van der Waals surface area (Å²) in [6.45, 7) is 2.45. The average molecular weight is 425 g/mol. The van der Waals surface area contributed by atoms with Crippen molar-refractivity contribution in [1.29, 1.82) is 0 Å². The molecule has 1 aromatic heterocycles. The minimum Gasteiger partial charge on any atom is -0.462 e. The zero-order chi connectivity index (χ0) is 22.3. The van der Waals surface area contributed by atoms with Crippen LogP contribution in [0.2, 0.25) is 0 Å². The molecule has 32 heavy (non-hydrogen) atoms. The van der Waals surface area contributed by atoms with Crippen LogP contribution in [0.4, 0.5) is 5.69 Å². The maximum Gasteiger partial charge on any atom is 0.338 e. The number of fused-ring (bicyclic) bond motifs is 1. The van der Waals surface area contributed by atoms with Gasteiger partial charge in [0.2, 0.25) is 0 Å². The molecule has 0 atom stereocenters. The predicted molar refractivity (Wildman–Crippen MR) is 127 cm³/mol. The molecule has 160 valence electrons. The first-order valence-electron chi connectivity index (χ1n) is 10.7. The molecule has 0 aliphatic heterocycles. The van der Waals surface area contributed by atoms with E-state index in [9.17, 15) is 9.59 Å². The minimum atomic E-state index is -0.357. The predicted octanol–water partition coefficient (Wildman–Crippen LogP) is 6.11. The lowest BCUT2D eigenvalue weighted by Crippen LogP contribution is -2.13. The van der Waals surface area contributed by atoms with Gasteiger partial charge in [-0.1, -0.05) is 61.9 Å². The highest BCUT2D eigenvalue weighted by Crippen LogP contribution is 2.25. The number of nitrogens with one attached hydrogen (secondary N) is 1. The van der Waals surface area contributed by atoms with Crippen LogP contribution in [0.3, 0.4) is 0 Å². The highest BCUT2D eigenvalue weighted by molar-refractivity contribution is 6.13. The topological polar surface area (TPSA) is 68.3 Å². The summed E-state index contributed by atoms with van der Waals surface area (Å²) in [5, 5.41) is 3.71. The van der Waals surface area contributed by atoms with Crippen LogP contribution in [0.5, 0.6) is 0 Å². The van der Waals surface area contributed by atoms with Gasteiger partial charge in [0.15, 0.2) is 0 Å². The maximum atomic E-state index is 13.2. The molecule has 5 heteroatoms. The van der Waals surface area contributed by atoms with E-state index in [2.05, 4.69) is 5.32 Å². The summed E-state index contributed by atoms with van der Waals surface area (Å²) < 4.78 is 5.23. The van der Waals surface area contributed by atoms with E-state index in [4.69, 9.17) is 9.72 Å². The van der Waals surface area contributed by atoms with Crippen LogP contribution in [-0.4, -0.2) is 23.5 Å². The van der Waals surface area contributed by atoms with E-state index >= 15 is 0 Å². The van der Waals surface area contributed by atoms with E-state index in [1.807, 2.05) is 67.6 Å². The van der Waals surface area contributed by atoms with E-state index in [1.54, 1.807) is 24.3 Å². The third kappa shape index (κ3) is 4.83. The molecular weight excluding hydrogens is 400 g/mol. The molecule has 0 fully saturated rings. The minimum absolute atomic E-state index is 0.237. The van der Waals surface area contributed by atoms with Gasteiger partial charge in [-0.15, -0.1) is 0 Å². The van der Waals surface area contributed by atoms with Crippen LogP contribution < -0.4 is 5.32 Å². The number of aromatic nitrogens is 1. The number of pyridine rings is 1. The summed E-state index contributed by atoms with van der Waals surface area (Å²) in [5.41, 5.74) is 4.03. The van der Waals surface area contributed by atoms with E-state index in [0.717, 1.165) is 35.0 Å². The van der Waals surface area contributed by atoms with Crippen LogP contribution in [0.25, 0.3) is 22.2 Å². The molecule has 0 aliphatic rings. The SMILES string of the molecule is CCCCOC(=O)c1ccc(NC(=O)c2cc(-c3ccccc3)nc3ccccc23)cc1. The fraction of sp³-hybridized carbons (Fsp3) is 0.148. The molecule has 0 radical (unpaired) electrons. The summed E-state index contributed by atoms with van der Waals surface area (Å²) in [4.78, 5) is 30.0. The zero-order valence-electron chi connectivity index (χ0n) is 17.9. The Kier molecular flexibility index (Phi) is 6.56. The molecule has 1 amide bonds. The lowest BCUT2D eigenvalue weighted by atomic mass is 10.0. The van der Waals surface area contributed by atoms with Crippen molar-refractivity contribution < 1.29 is 14.3 Å². The van der Waals surface area contributed by atoms with Crippen LogP contribution >= 0.6 is 0 Å². The van der Waals surface area contributed by atoms with Crippen molar-refractivity contribution in [3.63, 3.8) is 0 Å². The van der Waals surface area contributed by atoms with Gasteiger partial charge < -0.3 is 10.1 Å². The van der Waals surface area contributed by atoms with Gasteiger partial charge in [-0.3, -0.25) is 4.79 Å². The molecule has 0 aliphatic carbocycles. The number of hydrogen-bond donors (Lipinski definition) is 1. The Morgan fingerprint density at radius 3 is 2.38 bits per heavy atom. The molecule has 4 aromatic rings. The quantitative estimate of drug-likeness (QED) is 0.287. The second-order valence-electron chi connectivity index (χ2n) is 7.46. The smallest absolute Gasteiger partial charge is 0.338 e. The largest absolute Gasteiger partial charge is 0.462 e. The van der Waals surface area contributed by atoms with Crippen LogP contribution in [0, 0.1) is 0 Å². The summed E-state index contributed by atoms with van der Waals surface area (Å²) in [6.07, 6.45) is 1.80. The fourth-order valence-electron chi connectivity index (χ4n) is 3.40. The van der Waals surface area contributed by atoms with Gasteiger partial charge in [0.25, 0.3) is 5.91 Å². The number of nitrogens with zero attached hydrogens (tertiary/aromatic N) is 1. The Morgan fingerprint density at radius 2 is 1.62 bits per heavy atom. The lowest BCUT2D eigenvalue weighted by Gasteiger charge is -2.11. The number of unbranched alkanes of at least 4 members (excludes halogenated alkanes) is 1. The Labute approximate surface area is 187 Å². The molecule has 0 spiro atoms. The number of benzene rings is 3. The van der Waals surface area contributed by atoms with E-state index in [1.165, 1.54) is 0 Å². The first-order valence-corrected chi connectivity index (χ1v) is 10.7. The second-order valence-corrected chi connectivity index (χ2v) is 7.46.